The summed E-state index contributed by atoms with van der Waals surface area (Å²) in [5.41, 5.74) is 0.504. The van der Waals surface area contributed by atoms with Gasteiger partial charge in [0.1, 0.15) is 17.2 Å². The van der Waals surface area contributed by atoms with Crippen molar-refractivity contribution in [3.05, 3.63) is 48.5 Å². The van der Waals surface area contributed by atoms with E-state index in [0.29, 0.717) is 30.2 Å². The highest BCUT2D eigenvalue weighted by atomic mass is 16.5. The van der Waals surface area contributed by atoms with Gasteiger partial charge in [-0.05, 0) is 30.7 Å². The molecule has 2 aromatic rings. The molecule has 3 rings (SSSR count). The molecule has 24 heavy (non-hydrogen) atoms. The van der Waals surface area contributed by atoms with E-state index in [4.69, 9.17) is 14.2 Å². The number of carbonyl (C=O) groups excluding carboxylic acids is 2. The zero-order valence-corrected chi connectivity index (χ0v) is 13.0. The van der Waals surface area contributed by atoms with Crippen LogP contribution in [0.5, 0.6) is 17.2 Å². The highest BCUT2D eigenvalue weighted by Crippen LogP contribution is 2.31. The van der Waals surface area contributed by atoms with Gasteiger partial charge in [0.2, 0.25) is 0 Å². The van der Waals surface area contributed by atoms with Crippen LogP contribution in [-0.2, 0) is 9.59 Å². The first-order valence-electron chi connectivity index (χ1n) is 7.66. The van der Waals surface area contributed by atoms with E-state index in [0.717, 1.165) is 5.75 Å². The van der Waals surface area contributed by atoms with Crippen molar-refractivity contribution in [2.45, 2.75) is 12.8 Å². The fraction of sp³-hybridized carbons (Fsp3) is 0.222. The Kier molecular flexibility index (Phi) is 4.96. The summed E-state index contributed by atoms with van der Waals surface area (Å²) in [6.45, 7) is 0.431. The lowest BCUT2D eigenvalue weighted by Crippen LogP contribution is -2.25. The molecule has 6 nitrogen and oxygen atoms in total. The minimum Gasteiger partial charge on any atom is -0.494 e. The van der Waals surface area contributed by atoms with Crippen LogP contribution in [0.2, 0.25) is 0 Å². The molecule has 0 saturated heterocycles. The van der Waals surface area contributed by atoms with Crippen molar-refractivity contribution >= 4 is 17.6 Å². The Bertz CT molecular complexity index is 729. The van der Waals surface area contributed by atoms with Crippen molar-refractivity contribution < 1.29 is 23.8 Å². The van der Waals surface area contributed by atoms with Gasteiger partial charge in [0, 0.05) is 12.5 Å². The van der Waals surface area contributed by atoms with Crippen LogP contribution in [0, 0.1) is 0 Å². The number of amides is 1. The van der Waals surface area contributed by atoms with Crippen molar-refractivity contribution in [2.24, 2.45) is 0 Å². The topological polar surface area (TPSA) is 73.9 Å². The van der Waals surface area contributed by atoms with Crippen molar-refractivity contribution in [1.29, 1.82) is 0 Å². The fourth-order valence-corrected chi connectivity index (χ4v) is 2.23. The van der Waals surface area contributed by atoms with Crippen molar-refractivity contribution in [1.82, 2.24) is 0 Å². The first-order chi connectivity index (χ1) is 11.7. The minimum atomic E-state index is -0.352. The van der Waals surface area contributed by atoms with Crippen LogP contribution in [0.15, 0.2) is 48.5 Å². The Labute approximate surface area is 139 Å². The molecule has 0 unspecified atom stereocenters. The molecule has 0 aromatic heterocycles. The van der Waals surface area contributed by atoms with Gasteiger partial charge in [-0.15, -0.1) is 0 Å². The number of esters is 1. The maximum absolute atomic E-state index is 11.9. The van der Waals surface area contributed by atoms with E-state index in [1.165, 1.54) is 0 Å². The van der Waals surface area contributed by atoms with Gasteiger partial charge in [0.25, 0.3) is 5.91 Å². The van der Waals surface area contributed by atoms with Crippen LogP contribution in [-0.4, -0.2) is 25.1 Å². The summed E-state index contributed by atoms with van der Waals surface area (Å²) >= 11 is 0. The summed E-state index contributed by atoms with van der Waals surface area (Å²) in [5.74, 6) is 1.12. The molecule has 6 heteroatoms. The van der Waals surface area contributed by atoms with Crippen LogP contribution >= 0.6 is 0 Å². The Morgan fingerprint density at radius 3 is 2.79 bits per heavy atom. The van der Waals surface area contributed by atoms with E-state index in [2.05, 4.69) is 5.32 Å². The lowest BCUT2D eigenvalue weighted by molar-refractivity contribution is -0.134. The maximum atomic E-state index is 11.9. The number of fused-ring (bicyclic) bond motifs is 1. The average molecular weight is 327 g/mol. The summed E-state index contributed by atoms with van der Waals surface area (Å²) in [5, 5.41) is 2.67. The second-order valence-electron chi connectivity index (χ2n) is 5.23. The van der Waals surface area contributed by atoms with Crippen LogP contribution < -0.4 is 19.5 Å². The molecule has 1 N–H and O–H groups in total. The van der Waals surface area contributed by atoms with E-state index in [9.17, 15) is 9.59 Å². The van der Waals surface area contributed by atoms with Crippen molar-refractivity contribution in [3.8, 4) is 17.2 Å². The third-order valence-electron chi connectivity index (χ3n) is 3.35. The first kappa shape index (κ1) is 15.9. The number of carbonyl (C=O) groups is 2. The second-order valence-corrected chi connectivity index (χ2v) is 5.23. The molecule has 1 amide bonds. The quantitative estimate of drug-likeness (QED) is 0.502. The summed E-state index contributed by atoms with van der Waals surface area (Å²) in [6, 6.07) is 14.3. The van der Waals surface area contributed by atoms with E-state index in [-0.39, 0.29) is 24.9 Å². The zero-order valence-electron chi connectivity index (χ0n) is 13.0. The Hall–Kier alpha value is -3.02. The lowest BCUT2D eigenvalue weighted by atomic mass is 10.2. The van der Waals surface area contributed by atoms with Crippen LogP contribution in [0.4, 0.5) is 5.69 Å². The van der Waals surface area contributed by atoms with Gasteiger partial charge < -0.3 is 19.5 Å². The second kappa shape index (κ2) is 7.50. The van der Waals surface area contributed by atoms with Gasteiger partial charge >= 0.3 is 5.97 Å². The summed E-state index contributed by atoms with van der Waals surface area (Å²) < 4.78 is 16.0. The molecule has 0 aliphatic carbocycles. The Morgan fingerprint density at radius 2 is 1.96 bits per heavy atom. The highest BCUT2D eigenvalue weighted by Gasteiger charge is 2.17. The fourth-order valence-electron chi connectivity index (χ4n) is 2.23. The van der Waals surface area contributed by atoms with Gasteiger partial charge in [0.05, 0.1) is 12.3 Å². The molecule has 124 valence electrons. The zero-order chi connectivity index (χ0) is 16.8. The number of anilines is 1. The number of hydrogen-bond donors (Lipinski definition) is 1. The summed E-state index contributed by atoms with van der Waals surface area (Å²) in [6.07, 6.45) is 0.797. The molecular formula is C18H17NO5. The predicted molar refractivity (Wildman–Crippen MR) is 87.4 cm³/mol. The smallest absolute Gasteiger partial charge is 0.311 e. The van der Waals surface area contributed by atoms with Gasteiger partial charge in [0.15, 0.2) is 6.61 Å². The number of ether oxygens (including phenoxy) is 3. The molecule has 0 spiro atoms. The number of rotatable bonds is 6. The van der Waals surface area contributed by atoms with E-state index in [1.54, 1.807) is 18.2 Å². The van der Waals surface area contributed by atoms with E-state index >= 15 is 0 Å². The SMILES string of the molecule is O=C1COc2ccc(OC(=O)CCCOc3ccccc3)cc2N1. The van der Waals surface area contributed by atoms with E-state index in [1.807, 2.05) is 30.3 Å². The molecule has 0 saturated carbocycles. The monoisotopic (exact) mass is 327 g/mol. The van der Waals surface area contributed by atoms with Crippen LogP contribution in [0.1, 0.15) is 12.8 Å². The molecular weight excluding hydrogens is 310 g/mol. The first-order valence-corrected chi connectivity index (χ1v) is 7.66. The molecule has 1 heterocycles. The average Bonchev–Trinajstić information content (AvgIpc) is 2.59. The molecule has 1 aliphatic heterocycles. The third-order valence-corrected chi connectivity index (χ3v) is 3.35. The van der Waals surface area contributed by atoms with E-state index < -0.39 is 0 Å². The Balaban J connectivity index is 1.45. The number of nitrogens with one attached hydrogen (secondary N) is 1. The van der Waals surface area contributed by atoms with Gasteiger partial charge in [-0.1, -0.05) is 18.2 Å². The highest BCUT2D eigenvalue weighted by molar-refractivity contribution is 5.95. The lowest BCUT2D eigenvalue weighted by Gasteiger charge is -2.18. The van der Waals surface area contributed by atoms with Crippen molar-refractivity contribution in [2.75, 3.05) is 18.5 Å². The third kappa shape index (κ3) is 4.25. The standard InChI is InChI=1S/C18H17NO5/c20-17-12-23-16-9-8-14(11-15(16)19-17)24-18(21)7-4-10-22-13-5-2-1-3-6-13/h1-3,5-6,8-9,11H,4,7,10,12H2,(H,19,20). The normalized spacial score (nSPS) is 12.6. The predicted octanol–water partition coefficient (Wildman–Crippen LogP) is 2.78. The Morgan fingerprint density at radius 1 is 1.12 bits per heavy atom. The number of para-hydroxylation sites is 1. The number of hydrogen-bond acceptors (Lipinski definition) is 5. The molecule has 0 bridgehead atoms. The van der Waals surface area contributed by atoms with Gasteiger partial charge in [-0.25, -0.2) is 0 Å². The van der Waals surface area contributed by atoms with Gasteiger partial charge in [-0.3, -0.25) is 9.59 Å². The molecule has 0 atom stereocenters. The molecule has 1 aliphatic rings. The molecule has 0 radical (unpaired) electrons. The van der Waals surface area contributed by atoms with Crippen LogP contribution in [0.3, 0.4) is 0 Å². The number of benzene rings is 2. The molecule has 2 aromatic carbocycles. The minimum absolute atomic E-state index is 0.00640. The van der Waals surface area contributed by atoms with Crippen molar-refractivity contribution in [3.63, 3.8) is 0 Å². The largest absolute Gasteiger partial charge is 0.494 e. The van der Waals surface area contributed by atoms with Gasteiger partial charge in [-0.2, -0.15) is 0 Å². The summed E-state index contributed by atoms with van der Waals surface area (Å²) in [7, 11) is 0. The van der Waals surface area contributed by atoms with Crippen LogP contribution in [0.25, 0.3) is 0 Å². The maximum Gasteiger partial charge on any atom is 0.311 e. The summed E-state index contributed by atoms with van der Waals surface area (Å²) in [4.78, 5) is 23.2. The molecule has 0 fully saturated rings.